The molecule has 0 N–H and O–H groups in total. The molecule has 158 valence electrons. The zero-order chi connectivity index (χ0) is 22.9. The molecule has 0 atom stereocenters. The fourth-order valence-electron chi connectivity index (χ4n) is 3.78. The molecule has 0 aliphatic heterocycles. The van der Waals surface area contributed by atoms with Crippen LogP contribution < -0.4 is 0 Å². The fraction of sp³-hybridized carbons (Fsp3) is 0.0625. The molecule has 33 heavy (non-hydrogen) atoms. The van der Waals surface area contributed by atoms with E-state index in [9.17, 15) is 0 Å². The van der Waals surface area contributed by atoms with E-state index in [0.29, 0.717) is 0 Å². The van der Waals surface area contributed by atoms with Crippen molar-refractivity contribution >= 4 is 24.8 Å². The zero-order valence-corrected chi connectivity index (χ0v) is 22.4. The maximum Gasteiger partial charge on any atom is -0.0771 e. The Bertz CT molecular complexity index is 1290. The maximum absolute atomic E-state index is 3.05. The third-order valence-electron chi connectivity index (χ3n) is 5.52. The summed E-state index contributed by atoms with van der Waals surface area (Å²) in [5, 5.41) is 5.39. The van der Waals surface area contributed by atoms with Crippen LogP contribution in [0.1, 0.15) is 24.5 Å². The average molecular weight is 589 g/mol. The molecule has 0 spiro atoms. The van der Waals surface area contributed by atoms with Gasteiger partial charge < -0.3 is 0 Å². The minimum absolute atomic E-state index is 1.02. The smallest absolute Gasteiger partial charge is 0.0771 e. The number of fused-ring (bicyclic) bond motifs is 3. The molecule has 0 bridgehead atoms. The van der Waals surface area contributed by atoms with Gasteiger partial charge in [-0.05, 0) is 0 Å². The Hall–Kier alpha value is -3.03. The van der Waals surface area contributed by atoms with E-state index in [2.05, 4.69) is 134 Å². The second-order valence-electron chi connectivity index (χ2n) is 7.93. The first-order valence-corrected chi connectivity index (χ1v) is 13.0. The van der Waals surface area contributed by atoms with Crippen molar-refractivity contribution in [3.63, 3.8) is 0 Å². The number of benzene rings is 4. The summed E-state index contributed by atoms with van der Waals surface area (Å²) in [6.07, 6.45) is 8.24. The van der Waals surface area contributed by atoms with Crippen LogP contribution >= 0.6 is 0 Å². The molecule has 0 unspecified atom stereocenters. The standard InChI is InChI=1S/C13H9.C13H10.C6H7.Hf/c1-3-7-12-10(5-1)9-11-6-2-4-8-13(11)12;1-3-7-12(8-4-1)11-13-9-5-2-6-10-13;1-6-4-2-3-5-6;/h1-9H;1-10H;4-5H,2H2,1H3;/q-1;;-1;+2. The third kappa shape index (κ3) is 6.27. The molecule has 0 saturated carbocycles. The molecule has 0 nitrogen and oxygen atoms in total. The topological polar surface area (TPSA) is 0 Å². The largest absolute Gasteiger partial charge is 0.126 e. The van der Waals surface area contributed by atoms with Gasteiger partial charge in [0.2, 0.25) is 0 Å². The summed E-state index contributed by atoms with van der Waals surface area (Å²) in [5.41, 5.74) is 4.05. The fourth-order valence-corrected chi connectivity index (χ4v) is 4.98. The van der Waals surface area contributed by atoms with E-state index in [4.69, 9.17) is 0 Å². The predicted molar refractivity (Wildman–Crippen MR) is 139 cm³/mol. The Labute approximate surface area is 211 Å². The number of rotatable bonds is 2. The molecule has 0 heterocycles. The van der Waals surface area contributed by atoms with Crippen LogP contribution in [0.5, 0.6) is 0 Å². The molecule has 0 aromatic heterocycles. The van der Waals surface area contributed by atoms with Crippen LogP contribution in [0.2, 0.25) is 0 Å². The predicted octanol–water partition coefficient (Wildman–Crippen LogP) is 8.21. The van der Waals surface area contributed by atoms with Crippen molar-refractivity contribution in [3.05, 3.63) is 150 Å². The molecule has 1 aliphatic carbocycles. The summed E-state index contributed by atoms with van der Waals surface area (Å²) < 4.78 is 1.46. The molecule has 5 aromatic rings. The summed E-state index contributed by atoms with van der Waals surface area (Å²) in [6.45, 7) is 2.08. The normalized spacial score (nSPS) is 11.9. The van der Waals surface area contributed by atoms with Gasteiger partial charge in [-0.1, -0.05) is 36.4 Å². The molecule has 0 fully saturated rings. The maximum atomic E-state index is 3.05. The van der Waals surface area contributed by atoms with Crippen LogP contribution in [0.3, 0.4) is 0 Å². The van der Waals surface area contributed by atoms with E-state index < -0.39 is 0 Å². The molecule has 1 aliphatic rings. The summed E-state index contributed by atoms with van der Waals surface area (Å²) in [4.78, 5) is 0. The summed E-state index contributed by atoms with van der Waals surface area (Å²) in [6, 6.07) is 40.5. The molecule has 0 radical (unpaired) electrons. The van der Waals surface area contributed by atoms with Crippen molar-refractivity contribution in [2.75, 3.05) is 0 Å². The van der Waals surface area contributed by atoms with E-state index >= 15 is 0 Å². The first-order chi connectivity index (χ1) is 16.2. The monoisotopic (exact) mass is 590 g/mol. The number of allylic oxidation sites excluding steroid dienone is 4. The molecular weight excluding hydrogens is 563 g/mol. The second-order valence-corrected chi connectivity index (χ2v) is 9.72. The van der Waals surface area contributed by atoms with Crippen LogP contribution in [0.15, 0.2) is 133 Å². The van der Waals surface area contributed by atoms with Gasteiger partial charge in [-0.15, -0.1) is 53.1 Å². The van der Waals surface area contributed by atoms with Crippen LogP contribution in [-0.4, -0.2) is 3.26 Å². The quantitative estimate of drug-likeness (QED) is 0.144. The molecule has 0 saturated heterocycles. The van der Waals surface area contributed by atoms with Crippen LogP contribution in [-0.2, 0) is 23.9 Å². The summed E-state index contributed by atoms with van der Waals surface area (Å²) in [7, 11) is 0. The van der Waals surface area contributed by atoms with Gasteiger partial charge in [-0.2, -0.15) is 6.08 Å². The van der Waals surface area contributed by atoms with Crippen LogP contribution in [0, 0.1) is 6.08 Å². The van der Waals surface area contributed by atoms with Gasteiger partial charge in [0, 0.05) is 0 Å². The average Bonchev–Trinajstić information content (AvgIpc) is 3.52. The summed E-state index contributed by atoms with van der Waals surface area (Å²) >= 11 is 1.08. The van der Waals surface area contributed by atoms with E-state index in [1.165, 1.54) is 41.5 Å². The SMILES string of the molecule is CC1=CC[C-]=C1.[Hf+2]=[C](c1ccccc1)c1ccccc1.c1ccc2c(c1)[cH-]c1ccccc12. The minimum atomic E-state index is 1.02. The van der Waals surface area contributed by atoms with Gasteiger partial charge in [-0.3, -0.25) is 6.08 Å². The van der Waals surface area contributed by atoms with Crippen molar-refractivity contribution in [2.45, 2.75) is 13.3 Å². The van der Waals surface area contributed by atoms with Crippen molar-refractivity contribution in [1.82, 2.24) is 0 Å². The van der Waals surface area contributed by atoms with E-state index in [1.807, 2.05) is 6.08 Å². The molecule has 6 rings (SSSR count). The Morgan fingerprint density at radius 3 is 1.52 bits per heavy atom. The summed E-state index contributed by atoms with van der Waals surface area (Å²) in [5.74, 6) is 0. The number of hydrogen-bond donors (Lipinski definition) is 0. The van der Waals surface area contributed by atoms with Crippen molar-refractivity contribution in [3.8, 4) is 0 Å². The van der Waals surface area contributed by atoms with E-state index in [1.54, 1.807) is 0 Å². The van der Waals surface area contributed by atoms with E-state index in [0.717, 1.165) is 30.3 Å². The van der Waals surface area contributed by atoms with Crippen molar-refractivity contribution in [1.29, 1.82) is 0 Å². The van der Waals surface area contributed by atoms with E-state index in [-0.39, 0.29) is 0 Å². The minimum Gasteiger partial charge on any atom is -0.126 e. The Morgan fingerprint density at radius 2 is 1.12 bits per heavy atom. The van der Waals surface area contributed by atoms with Gasteiger partial charge >= 0.3 is 98.9 Å². The van der Waals surface area contributed by atoms with Gasteiger partial charge in [0.15, 0.2) is 0 Å². The molecular formula is C32H26Hf. The third-order valence-corrected chi connectivity index (χ3v) is 7.59. The van der Waals surface area contributed by atoms with Gasteiger partial charge in [0.05, 0.1) is 0 Å². The Balaban J connectivity index is 0.000000127. The van der Waals surface area contributed by atoms with Gasteiger partial charge in [0.1, 0.15) is 0 Å². The Morgan fingerprint density at radius 1 is 0.667 bits per heavy atom. The molecule has 5 aromatic carbocycles. The first kappa shape index (κ1) is 23.1. The van der Waals surface area contributed by atoms with Crippen LogP contribution in [0.4, 0.5) is 0 Å². The van der Waals surface area contributed by atoms with Gasteiger partial charge in [-0.25, -0.2) is 11.6 Å². The Kier molecular flexibility index (Phi) is 8.22. The van der Waals surface area contributed by atoms with Crippen LogP contribution in [0.25, 0.3) is 21.5 Å². The van der Waals surface area contributed by atoms with Crippen molar-refractivity contribution < 1.29 is 23.9 Å². The van der Waals surface area contributed by atoms with Crippen molar-refractivity contribution in [2.24, 2.45) is 0 Å². The molecule has 0 amide bonds. The first-order valence-electron chi connectivity index (χ1n) is 11.2. The zero-order valence-electron chi connectivity index (χ0n) is 18.8. The second kappa shape index (κ2) is 11.7. The van der Waals surface area contributed by atoms with Gasteiger partial charge in [0.25, 0.3) is 0 Å². The number of hydrogen-bond acceptors (Lipinski definition) is 0. The molecule has 1 heteroatoms.